The van der Waals surface area contributed by atoms with Gasteiger partial charge in [-0.15, -0.1) is 0 Å². The van der Waals surface area contributed by atoms with Crippen LogP contribution in [0.5, 0.6) is 0 Å². The van der Waals surface area contributed by atoms with Crippen LogP contribution < -0.4 is 0 Å². The summed E-state index contributed by atoms with van der Waals surface area (Å²) in [5.41, 5.74) is 0. The maximum Gasteiger partial charge on any atom is 2.00 e. The van der Waals surface area contributed by atoms with E-state index in [1.54, 1.807) is 0 Å². The summed E-state index contributed by atoms with van der Waals surface area (Å²) in [6.07, 6.45) is 20.0. The molecule has 0 spiro atoms. The van der Waals surface area contributed by atoms with Gasteiger partial charge in [0.2, 0.25) is 0 Å². The molecule has 10 radical (unpaired) electrons. The summed E-state index contributed by atoms with van der Waals surface area (Å²) < 4.78 is 30.9. The first kappa shape index (κ1) is 36.9. The van der Waals surface area contributed by atoms with Crippen molar-refractivity contribution in [3.8, 4) is 0 Å². The van der Waals surface area contributed by atoms with E-state index in [9.17, 15) is 0 Å². The molecule has 0 aliphatic heterocycles. The Balaban J connectivity index is -0.000000348. The van der Waals surface area contributed by atoms with E-state index in [1.807, 2.05) is 106 Å². The van der Waals surface area contributed by atoms with Crippen molar-refractivity contribution in [1.29, 1.82) is 0 Å². The van der Waals surface area contributed by atoms with Crippen molar-refractivity contribution in [1.82, 2.24) is 0 Å². The topological polar surface area (TPSA) is 55.4 Å². The van der Waals surface area contributed by atoms with E-state index in [0.717, 1.165) is 0 Å². The fraction of sp³-hybridized carbons (Fsp3) is 0.545. The molecule has 0 amide bonds. The van der Waals surface area contributed by atoms with Crippen LogP contribution in [0.15, 0.2) is 0 Å². The smallest absolute Gasteiger partial charge is 0.313 e. The van der Waals surface area contributed by atoms with E-state index < -0.39 is 17.2 Å². The summed E-state index contributed by atoms with van der Waals surface area (Å²) in [5.74, 6) is 0. The molecule has 0 saturated heterocycles. The molecule has 0 aromatic rings. The predicted octanol–water partition coefficient (Wildman–Crippen LogP) is 6.69. The van der Waals surface area contributed by atoms with Crippen molar-refractivity contribution in [3.63, 3.8) is 0 Å². The third kappa shape index (κ3) is 31.3. The number of hydrogen-bond acceptors (Lipinski definition) is 6. The summed E-state index contributed by atoms with van der Waals surface area (Å²) in [4.78, 5) is 0. The van der Waals surface area contributed by atoms with Crippen LogP contribution in [0.2, 0.25) is 0 Å². The zero-order valence-corrected chi connectivity index (χ0v) is 23.2. The van der Waals surface area contributed by atoms with Crippen molar-refractivity contribution in [3.05, 3.63) is 64.2 Å². The van der Waals surface area contributed by atoms with Crippen LogP contribution in [0.4, 0.5) is 0 Å². The average molecular weight is 510 g/mol. The minimum atomic E-state index is -1.06. The molecule has 6 nitrogen and oxygen atoms in total. The Morgan fingerprint density at radius 3 is 0.581 bits per heavy atom. The first-order valence-electron chi connectivity index (χ1n) is 10.4. The van der Waals surface area contributed by atoms with Gasteiger partial charge in [0.25, 0.3) is 0 Å². The van der Waals surface area contributed by atoms with E-state index in [2.05, 4.69) is 0 Å². The van der Waals surface area contributed by atoms with Crippen molar-refractivity contribution in [2.45, 2.75) is 41.5 Å². The summed E-state index contributed by atoms with van der Waals surface area (Å²) in [6, 6.07) is 0. The standard InChI is InChI=1S/2C6H15O3P.2C5H5.Ti/c2*1-4-7-10(8-5-2)9-6-3;2*1-2-4-5-3-1;/h2*4-6H2,1-3H3;2*1-5H;/q;;;;+2. The van der Waals surface area contributed by atoms with Crippen LogP contribution in [0.25, 0.3) is 0 Å². The Kier molecular flexibility index (Phi) is 39.9. The zero-order chi connectivity index (χ0) is 22.7. The molecule has 0 aromatic carbocycles. The minimum Gasteiger partial charge on any atom is -0.313 e. The van der Waals surface area contributed by atoms with E-state index in [4.69, 9.17) is 27.1 Å². The van der Waals surface area contributed by atoms with Gasteiger partial charge in [0.05, 0.1) is 39.6 Å². The first-order valence-corrected chi connectivity index (χ1v) is 12.6. The summed E-state index contributed by atoms with van der Waals surface area (Å²) in [5, 5.41) is 0. The van der Waals surface area contributed by atoms with Gasteiger partial charge in [-0.1, -0.05) is 0 Å². The van der Waals surface area contributed by atoms with Crippen LogP contribution in [-0.4, -0.2) is 39.6 Å². The third-order valence-electron chi connectivity index (χ3n) is 2.52. The first-order chi connectivity index (χ1) is 14.7. The Morgan fingerprint density at radius 2 is 0.484 bits per heavy atom. The number of hydrogen-bond donors (Lipinski definition) is 0. The average Bonchev–Trinajstić information content (AvgIpc) is 3.49. The second-order valence-electron chi connectivity index (χ2n) is 4.88. The SMILES string of the molecule is CCOP(OCC)OCC.CCOP(OCC)OCC.[CH]1[CH][CH][CH][CH]1.[CH]1[CH][CH][CH][CH]1.[Ti+2]. The molecule has 2 rings (SSSR count). The zero-order valence-electron chi connectivity index (χ0n) is 19.9. The van der Waals surface area contributed by atoms with Crippen LogP contribution in [0.3, 0.4) is 0 Å². The van der Waals surface area contributed by atoms with Crippen molar-refractivity contribution < 1.29 is 48.9 Å². The van der Waals surface area contributed by atoms with Gasteiger partial charge in [-0.2, -0.15) is 0 Å². The quantitative estimate of drug-likeness (QED) is 0.216. The van der Waals surface area contributed by atoms with Gasteiger partial charge in [0, 0.05) is 0 Å². The second-order valence-corrected chi connectivity index (χ2v) is 7.32. The van der Waals surface area contributed by atoms with Crippen molar-refractivity contribution >= 4 is 17.2 Å². The van der Waals surface area contributed by atoms with Gasteiger partial charge in [0.1, 0.15) is 0 Å². The Labute approximate surface area is 211 Å². The molecule has 2 aliphatic rings. The largest absolute Gasteiger partial charge is 2.00 e. The van der Waals surface area contributed by atoms with Gasteiger partial charge in [0.15, 0.2) is 0 Å². The van der Waals surface area contributed by atoms with Gasteiger partial charge in [-0.05, 0) is 106 Å². The van der Waals surface area contributed by atoms with E-state index >= 15 is 0 Å². The molecule has 176 valence electrons. The molecule has 0 unspecified atom stereocenters. The normalized spacial score (nSPS) is 14.7. The Morgan fingerprint density at radius 1 is 0.355 bits per heavy atom. The molecule has 9 heteroatoms. The maximum atomic E-state index is 5.14. The molecular weight excluding hydrogens is 470 g/mol. The molecule has 0 aromatic heterocycles. The van der Waals surface area contributed by atoms with Crippen LogP contribution >= 0.6 is 17.2 Å². The third-order valence-corrected chi connectivity index (χ3v) is 5.33. The summed E-state index contributed by atoms with van der Waals surface area (Å²) >= 11 is 0. The van der Waals surface area contributed by atoms with Crippen molar-refractivity contribution in [2.75, 3.05) is 39.6 Å². The fourth-order valence-corrected chi connectivity index (χ4v) is 3.21. The summed E-state index contributed by atoms with van der Waals surface area (Å²) in [6.45, 7) is 15.4. The second kappa shape index (κ2) is 33.5. The van der Waals surface area contributed by atoms with Gasteiger partial charge >= 0.3 is 38.9 Å². The molecule has 0 heterocycles. The monoisotopic (exact) mass is 510 g/mol. The van der Waals surface area contributed by atoms with E-state index in [-0.39, 0.29) is 21.7 Å². The van der Waals surface area contributed by atoms with Crippen LogP contribution in [-0.2, 0) is 48.9 Å². The Bertz CT molecular complexity index is 227. The van der Waals surface area contributed by atoms with Crippen LogP contribution in [0.1, 0.15) is 41.5 Å². The van der Waals surface area contributed by atoms with Gasteiger partial charge < -0.3 is 27.1 Å². The molecule has 2 aliphatic carbocycles. The molecular formula is C22H40O6P2Ti+2. The molecule has 31 heavy (non-hydrogen) atoms. The summed E-state index contributed by atoms with van der Waals surface area (Å²) in [7, 11) is -2.12. The van der Waals surface area contributed by atoms with E-state index in [0.29, 0.717) is 39.6 Å². The van der Waals surface area contributed by atoms with Crippen LogP contribution in [0, 0.1) is 64.2 Å². The molecule has 0 atom stereocenters. The Hall–Kier alpha value is 1.33. The molecule has 2 saturated carbocycles. The molecule has 0 N–H and O–H groups in total. The van der Waals surface area contributed by atoms with Gasteiger partial charge in [-0.25, -0.2) is 0 Å². The number of rotatable bonds is 12. The van der Waals surface area contributed by atoms with E-state index in [1.165, 1.54) is 0 Å². The van der Waals surface area contributed by atoms with Crippen molar-refractivity contribution in [2.24, 2.45) is 0 Å². The fourth-order valence-electron chi connectivity index (χ4n) is 1.50. The molecule has 0 bridgehead atoms. The molecule has 2 fully saturated rings. The van der Waals surface area contributed by atoms with Gasteiger partial charge in [-0.3, -0.25) is 0 Å². The minimum absolute atomic E-state index is 0. The predicted molar refractivity (Wildman–Crippen MR) is 127 cm³/mol. The maximum absolute atomic E-state index is 5.14.